The quantitative estimate of drug-likeness (QED) is 0.808. The van der Waals surface area contributed by atoms with Crippen molar-refractivity contribution in [1.29, 1.82) is 0 Å². The molecule has 24 heavy (non-hydrogen) atoms. The van der Waals surface area contributed by atoms with E-state index < -0.39 is 0 Å². The number of aromatic nitrogens is 1. The van der Waals surface area contributed by atoms with Crippen LogP contribution in [0.5, 0.6) is 11.6 Å². The first-order valence-electron chi connectivity index (χ1n) is 7.36. The van der Waals surface area contributed by atoms with E-state index in [1.165, 1.54) is 5.56 Å². The molecule has 5 nitrogen and oxygen atoms in total. The van der Waals surface area contributed by atoms with E-state index in [9.17, 15) is 4.79 Å². The minimum Gasteiger partial charge on any atom is -0.439 e. The minimum atomic E-state index is -0.229. The minimum absolute atomic E-state index is 0. The second kappa shape index (κ2) is 10.9. The van der Waals surface area contributed by atoms with Crippen molar-refractivity contribution >= 4 is 36.4 Å². The molecule has 0 saturated heterocycles. The molecule has 0 aliphatic rings. The molecule has 0 bridgehead atoms. The summed E-state index contributed by atoms with van der Waals surface area (Å²) in [5.41, 5.74) is 7.29. The number of rotatable bonds is 6. The third-order valence-electron chi connectivity index (χ3n) is 3.33. The number of ether oxygens (including phenoxy) is 1. The molecule has 0 aliphatic heterocycles. The number of nitrogens with two attached hydrogens (primary N) is 1. The predicted molar refractivity (Wildman–Crippen MR) is 101 cm³/mol. The normalized spacial score (nSPS) is 10.8. The molecule has 0 spiro atoms. The van der Waals surface area contributed by atoms with Crippen LogP contribution in [0.15, 0.2) is 42.6 Å². The van der Waals surface area contributed by atoms with E-state index in [2.05, 4.69) is 23.3 Å². The number of nitrogens with one attached hydrogen (secondary N) is 1. The summed E-state index contributed by atoms with van der Waals surface area (Å²) < 4.78 is 5.71. The molecule has 2 rings (SSSR count). The molecule has 3 N–H and O–H groups in total. The summed E-state index contributed by atoms with van der Waals surface area (Å²) in [5, 5.41) is 2.76. The molecule has 0 radical (unpaired) electrons. The SMILES string of the molecule is CCc1cccc(Oc2ccc(NC(=O)C(C)CN)cn2)c1.Cl.Cl. The van der Waals surface area contributed by atoms with Gasteiger partial charge in [0.25, 0.3) is 0 Å². The van der Waals surface area contributed by atoms with E-state index in [4.69, 9.17) is 10.5 Å². The number of hydrogen-bond donors (Lipinski definition) is 2. The van der Waals surface area contributed by atoms with Crippen molar-refractivity contribution in [2.75, 3.05) is 11.9 Å². The van der Waals surface area contributed by atoms with Crippen LogP contribution in [-0.2, 0) is 11.2 Å². The fourth-order valence-electron chi connectivity index (χ4n) is 1.84. The first-order chi connectivity index (χ1) is 10.6. The molecular formula is C17H23Cl2N3O2. The van der Waals surface area contributed by atoms with Crippen LogP contribution < -0.4 is 15.8 Å². The lowest BCUT2D eigenvalue weighted by atomic mass is 10.1. The molecule has 132 valence electrons. The van der Waals surface area contributed by atoms with Crippen molar-refractivity contribution in [3.63, 3.8) is 0 Å². The fourth-order valence-corrected chi connectivity index (χ4v) is 1.84. The van der Waals surface area contributed by atoms with Gasteiger partial charge < -0.3 is 15.8 Å². The maximum absolute atomic E-state index is 11.7. The van der Waals surface area contributed by atoms with Crippen molar-refractivity contribution < 1.29 is 9.53 Å². The average molecular weight is 372 g/mol. The first kappa shape index (κ1) is 22.2. The van der Waals surface area contributed by atoms with Gasteiger partial charge in [0.1, 0.15) is 5.75 Å². The lowest BCUT2D eigenvalue weighted by Gasteiger charge is -2.10. The van der Waals surface area contributed by atoms with Gasteiger partial charge in [-0.25, -0.2) is 4.98 Å². The highest BCUT2D eigenvalue weighted by molar-refractivity contribution is 5.92. The number of pyridine rings is 1. The largest absolute Gasteiger partial charge is 0.439 e. The van der Waals surface area contributed by atoms with Gasteiger partial charge in [-0.1, -0.05) is 26.0 Å². The lowest BCUT2D eigenvalue weighted by Crippen LogP contribution is -2.26. The number of anilines is 1. The Morgan fingerprint density at radius 2 is 2.04 bits per heavy atom. The zero-order valence-corrected chi connectivity index (χ0v) is 15.3. The number of carbonyl (C=O) groups is 1. The van der Waals surface area contributed by atoms with Crippen LogP contribution in [-0.4, -0.2) is 17.4 Å². The van der Waals surface area contributed by atoms with Gasteiger partial charge >= 0.3 is 0 Å². The maximum atomic E-state index is 11.7. The highest BCUT2D eigenvalue weighted by atomic mass is 35.5. The fraction of sp³-hybridized carbons (Fsp3) is 0.294. The van der Waals surface area contributed by atoms with Crippen LogP contribution in [0, 0.1) is 5.92 Å². The van der Waals surface area contributed by atoms with Gasteiger partial charge in [-0.15, -0.1) is 24.8 Å². The summed E-state index contributed by atoms with van der Waals surface area (Å²) in [6.07, 6.45) is 2.52. The van der Waals surface area contributed by atoms with E-state index in [1.54, 1.807) is 25.3 Å². The number of benzene rings is 1. The molecule has 1 aromatic heterocycles. The molecule has 1 amide bonds. The molecule has 0 aliphatic carbocycles. The van der Waals surface area contributed by atoms with Gasteiger partial charge in [0, 0.05) is 18.5 Å². The molecule has 1 atom stereocenters. The standard InChI is InChI=1S/C17H21N3O2.2ClH/c1-3-13-5-4-6-15(9-13)22-16-8-7-14(11-19-16)20-17(21)12(2)10-18;;/h4-9,11-12H,3,10,18H2,1-2H3,(H,20,21);2*1H. The molecule has 2 aromatic rings. The molecule has 0 saturated carbocycles. The van der Waals surface area contributed by atoms with Gasteiger partial charge in [0.05, 0.1) is 11.9 Å². The third kappa shape index (κ3) is 6.35. The Hall–Kier alpha value is -1.82. The Morgan fingerprint density at radius 3 is 2.62 bits per heavy atom. The Kier molecular flexibility index (Phi) is 10.0. The number of carbonyl (C=O) groups excluding carboxylic acids is 1. The van der Waals surface area contributed by atoms with E-state index in [0.717, 1.165) is 12.2 Å². The van der Waals surface area contributed by atoms with E-state index in [0.29, 0.717) is 18.1 Å². The zero-order chi connectivity index (χ0) is 15.9. The van der Waals surface area contributed by atoms with Crippen LogP contribution in [0.1, 0.15) is 19.4 Å². The lowest BCUT2D eigenvalue weighted by molar-refractivity contribution is -0.119. The van der Waals surface area contributed by atoms with Crippen LogP contribution >= 0.6 is 24.8 Å². The van der Waals surface area contributed by atoms with Gasteiger partial charge in [0.15, 0.2) is 0 Å². The van der Waals surface area contributed by atoms with Gasteiger partial charge in [-0.2, -0.15) is 0 Å². The summed E-state index contributed by atoms with van der Waals surface area (Å²) in [4.78, 5) is 15.9. The summed E-state index contributed by atoms with van der Waals surface area (Å²) in [7, 11) is 0. The van der Waals surface area contributed by atoms with Crippen molar-refractivity contribution in [3.05, 3.63) is 48.2 Å². The Balaban J connectivity index is 0.00000264. The summed E-state index contributed by atoms with van der Waals surface area (Å²) >= 11 is 0. The van der Waals surface area contributed by atoms with E-state index in [-0.39, 0.29) is 36.6 Å². The van der Waals surface area contributed by atoms with Gasteiger partial charge in [0.2, 0.25) is 11.8 Å². The highest BCUT2D eigenvalue weighted by Gasteiger charge is 2.11. The smallest absolute Gasteiger partial charge is 0.228 e. The topological polar surface area (TPSA) is 77.2 Å². The third-order valence-corrected chi connectivity index (χ3v) is 3.33. The molecular weight excluding hydrogens is 349 g/mol. The van der Waals surface area contributed by atoms with Crippen molar-refractivity contribution in [2.45, 2.75) is 20.3 Å². The molecule has 1 unspecified atom stereocenters. The average Bonchev–Trinajstić information content (AvgIpc) is 2.56. The van der Waals surface area contributed by atoms with Crippen LogP contribution in [0.3, 0.4) is 0 Å². The second-order valence-electron chi connectivity index (χ2n) is 5.11. The highest BCUT2D eigenvalue weighted by Crippen LogP contribution is 2.21. The second-order valence-corrected chi connectivity index (χ2v) is 5.11. The predicted octanol–water partition coefficient (Wildman–Crippen LogP) is 3.81. The number of amides is 1. The van der Waals surface area contributed by atoms with Crippen LogP contribution in [0.25, 0.3) is 0 Å². The van der Waals surface area contributed by atoms with Gasteiger partial charge in [-0.05, 0) is 30.2 Å². The van der Waals surface area contributed by atoms with E-state index >= 15 is 0 Å². The molecule has 1 aromatic carbocycles. The maximum Gasteiger partial charge on any atom is 0.228 e. The van der Waals surface area contributed by atoms with Crippen LogP contribution in [0.2, 0.25) is 0 Å². The van der Waals surface area contributed by atoms with Crippen molar-refractivity contribution in [2.24, 2.45) is 11.7 Å². The number of aryl methyl sites for hydroxylation is 1. The van der Waals surface area contributed by atoms with Crippen LogP contribution in [0.4, 0.5) is 5.69 Å². The first-order valence-corrected chi connectivity index (χ1v) is 7.36. The summed E-state index contributed by atoms with van der Waals surface area (Å²) in [5.74, 6) is 0.889. The van der Waals surface area contributed by atoms with Crippen molar-refractivity contribution in [3.8, 4) is 11.6 Å². The number of hydrogen-bond acceptors (Lipinski definition) is 4. The summed E-state index contributed by atoms with van der Waals surface area (Å²) in [6, 6.07) is 11.4. The number of halogens is 2. The van der Waals surface area contributed by atoms with Crippen molar-refractivity contribution in [1.82, 2.24) is 4.98 Å². The zero-order valence-electron chi connectivity index (χ0n) is 13.7. The number of nitrogens with zero attached hydrogens (tertiary/aromatic N) is 1. The van der Waals surface area contributed by atoms with E-state index in [1.807, 2.05) is 18.2 Å². The monoisotopic (exact) mass is 371 g/mol. The molecule has 0 fully saturated rings. The Bertz CT molecular complexity index is 636. The Morgan fingerprint density at radius 1 is 1.29 bits per heavy atom. The Labute approximate surface area is 154 Å². The molecule has 7 heteroatoms. The van der Waals surface area contributed by atoms with Gasteiger partial charge in [-0.3, -0.25) is 4.79 Å². The molecule has 1 heterocycles. The summed E-state index contributed by atoms with van der Waals surface area (Å²) in [6.45, 7) is 4.19.